The lowest BCUT2D eigenvalue weighted by atomic mass is 10.1. The molecule has 5 nitrogen and oxygen atoms in total. The van der Waals surface area contributed by atoms with Crippen molar-refractivity contribution in [2.24, 2.45) is 5.92 Å². The number of nitrogens with one attached hydrogen (secondary N) is 1. The van der Waals surface area contributed by atoms with Crippen molar-refractivity contribution in [1.82, 2.24) is 9.88 Å². The van der Waals surface area contributed by atoms with Gasteiger partial charge in [0.25, 0.3) is 0 Å². The lowest BCUT2D eigenvalue weighted by molar-refractivity contribution is -0.141. The van der Waals surface area contributed by atoms with Gasteiger partial charge in [-0.1, -0.05) is 32.0 Å². The second-order valence-electron chi connectivity index (χ2n) is 6.55. The van der Waals surface area contributed by atoms with Gasteiger partial charge in [-0.25, -0.2) is 0 Å². The van der Waals surface area contributed by atoms with Crippen LogP contribution < -0.4 is 0 Å². The average Bonchev–Trinajstić information content (AvgIpc) is 2.87. The number of methoxy groups -OCH3 is 1. The highest BCUT2D eigenvalue weighted by Gasteiger charge is 2.20. The zero-order chi connectivity index (χ0) is 17.7. The summed E-state index contributed by atoms with van der Waals surface area (Å²) < 4.78 is 4.70. The van der Waals surface area contributed by atoms with Crippen LogP contribution in [0.5, 0.6) is 0 Å². The number of ketones is 1. The molecule has 0 bridgehead atoms. The number of carbonyl (C=O) groups is 2. The van der Waals surface area contributed by atoms with Crippen LogP contribution in [-0.4, -0.2) is 48.4 Å². The first kappa shape index (κ1) is 18.2. The number of H-pyrrole nitrogens is 1. The Labute approximate surface area is 143 Å². The largest absolute Gasteiger partial charge is 0.469 e. The molecule has 130 valence electrons. The van der Waals surface area contributed by atoms with Crippen LogP contribution in [-0.2, 0) is 9.53 Å². The number of hydrogen-bond donors (Lipinski definition) is 1. The molecule has 2 aromatic rings. The van der Waals surface area contributed by atoms with Gasteiger partial charge in [0, 0.05) is 35.2 Å². The number of hydrogen-bond acceptors (Lipinski definition) is 4. The number of rotatable bonds is 8. The predicted molar refractivity (Wildman–Crippen MR) is 95.3 cm³/mol. The lowest BCUT2D eigenvalue weighted by Gasteiger charge is -2.23. The molecule has 5 heteroatoms. The highest BCUT2D eigenvalue weighted by Crippen LogP contribution is 2.22. The van der Waals surface area contributed by atoms with Gasteiger partial charge in [-0.2, -0.15) is 0 Å². The van der Waals surface area contributed by atoms with E-state index in [9.17, 15) is 9.59 Å². The summed E-state index contributed by atoms with van der Waals surface area (Å²) in [6.45, 7) is 7.73. The average molecular weight is 330 g/mol. The topological polar surface area (TPSA) is 62.4 Å². The molecule has 1 N–H and O–H groups in total. The van der Waals surface area contributed by atoms with Crippen molar-refractivity contribution in [2.75, 3.05) is 26.7 Å². The van der Waals surface area contributed by atoms with Crippen molar-refractivity contribution in [2.45, 2.75) is 27.2 Å². The Morgan fingerprint density at radius 3 is 2.62 bits per heavy atom. The number of ether oxygens (including phenoxy) is 1. The number of fused-ring (bicyclic) bond motifs is 1. The van der Waals surface area contributed by atoms with Crippen molar-refractivity contribution in [3.63, 3.8) is 0 Å². The monoisotopic (exact) mass is 330 g/mol. The summed E-state index contributed by atoms with van der Waals surface area (Å²) in [6.07, 6.45) is 0.295. The fraction of sp³-hybridized carbons (Fsp3) is 0.474. The third-order valence-corrected chi connectivity index (χ3v) is 4.02. The van der Waals surface area contributed by atoms with Crippen LogP contribution in [0.2, 0.25) is 0 Å². The molecule has 0 aliphatic carbocycles. The van der Waals surface area contributed by atoms with Gasteiger partial charge in [0.05, 0.1) is 20.1 Å². The van der Waals surface area contributed by atoms with Gasteiger partial charge in [-0.15, -0.1) is 0 Å². The smallest absolute Gasteiger partial charge is 0.306 e. The van der Waals surface area contributed by atoms with Crippen LogP contribution >= 0.6 is 0 Å². The third-order valence-electron chi connectivity index (χ3n) is 4.02. The fourth-order valence-corrected chi connectivity index (χ4v) is 3.02. The SMILES string of the molecule is COC(=O)CCN(CC(=O)c1c(C)[nH]c2ccccc12)CC(C)C. The molecule has 0 radical (unpaired) electrons. The molecule has 0 saturated heterocycles. The van der Waals surface area contributed by atoms with Gasteiger partial charge >= 0.3 is 5.97 Å². The number of aromatic nitrogens is 1. The van der Waals surface area contributed by atoms with Crippen molar-refractivity contribution < 1.29 is 14.3 Å². The van der Waals surface area contributed by atoms with E-state index in [0.717, 1.165) is 28.7 Å². The van der Waals surface area contributed by atoms with E-state index in [1.165, 1.54) is 7.11 Å². The summed E-state index contributed by atoms with van der Waals surface area (Å²) in [6, 6.07) is 7.83. The minimum absolute atomic E-state index is 0.0791. The Bertz CT molecular complexity index is 718. The molecular weight excluding hydrogens is 304 g/mol. The van der Waals surface area contributed by atoms with Gasteiger partial charge < -0.3 is 9.72 Å². The minimum atomic E-state index is -0.250. The molecule has 0 aliphatic rings. The Morgan fingerprint density at radius 2 is 1.96 bits per heavy atom. The molecule has 0 saturated carbocycles. The van der Waals surface area contributed by atoms with E-state index in [1.54, 1.807) is 0 Å². The first-order chi connectivity index (χ1) is 11.4. The number of aryl methyl sites for hydroxylation is 1. The zero-order valence-corrected chi connectivity index (χ0v) is 14.9. The summed E-state index contributed by atoms with van der Waals surface area (Å²) in [5.41, 5.74) is 2.61. The minimum Gasteiger partial charge on any atom is -0.469 e. The molecular formula is C19H26N2O3. The number of carbonyl (C=O) groups excluding carboxylic acids is 2. The molecule has 1 aromatic heterocycles. The molecule has 24 heavy (non-hydrogen) atoms. The fourth-order valence-electron chi connectivity index (χ4n) is 3.02. The molecule has 0 spiro atoms. The zero-order valence-electron chi connectivity index (χ0n) is 14.9. The van der Waals surface area contributed by atoms with Crippen LogP contribution in [0.1, 0.15) is 36.3 Å². The Hall–Kier alpha value is -2.14. The van der Waals surface area contributed by atoms with Gasteiger partial charge in [0.2, 0.25) is 0 Å². The van der Waals surface area contributed by atoms with E-state index >= 15 is 0 Å². The van der Waals surface area contributed by atoms with Crippen LogP contribution in [0.4, 0.5) is 0 Å². The van der Waals surface area contributed by atoms with E-state index in [4.69, 9.17) is 4.74 Å². The standard InChI is InChI=1S/C19H26N2O3/c1-13(2)11-21(10-9-18(23)24-4)12-17(22)19-14(3)20-16-8-6-5-7-15(16)19/h5-8,13,20H,9-12H2,1-4H3. The molecule has 0 aliphatic heterocycles. The van der Waals surface area contributed by atoms with Crippen molar-refractivity contribution in [3.8, 4) is 0 Å². The third kappa shape index (κ3) is 4.45. The van der Waals surface area contributed by atoms with E-state index in [1.807, 2.05) is 36.1 Å². The number of nitrogens with zero attached hydrogens (tertiary/aromatic N) is 1. The molecule has 0 amide bonds. The van der Waals surface area contributed by atoms with E-state index < -0.39 is 0 Å². The molecule has 1 heterocycles. The van der Waals surface area contributed by atoms with E-state index in [0.29, 0.717) is 25.4 Å². The summed E-state index contributed by atoms with van der Waals surface area (Å²) in [5.74, 6) is 0.245. The van der Waals surface area contributed by atoms with Crippen molar-refractivity contribution in [1.29, 1.82) is 0 Å². The first-order valence-electron chi connectivity index (χ1n) is 8.32. The molecule has 2 rings (SSSR count). The van der Waals surface area contributed by atoms with E-state index in [2.05, 4.69) is 18.8 Å². The molecule has 0 atom stereocenters. The molecule has 1 aromatic carbocycles. The van der Waals surface area contributed by atoms with Gasteiger partial charge in [0.15, 0.2) is 5.78 Å². The molecule has 0 unspecified atom stereocenters. The Balaban J connectivity index is 2.16. The normalized spacial score (nSPS) is 11.4. The maximum absolute atomic E-state index is 12.9. The van der Waals surface area contributed by atoms with Crippen molar-refractivity contribution >= 4 is 22.7 Å². The summed E-state index contributed by atoms with van der Waals surface area (Å²) >= 11 is 0. The maximum Gasteiger partial charge on any atom is 0.306 e. The summed E-state index contributed by atoms with van der Waals surface area (Å²) in [5, 5.41) is 0.956. The van der Waals surface area contributed by atoms with Crippen LogP contribution in [0, 0.1) is 12.8 Å². The summed E-state index contributed by atoms with van der Waals surface area (Å²) in [4.78, 5) is 29.6. The molecule has 0 fully saturated rings. The second kappa shape index (κ2) is 8.11. The van der Waals surface area contributed by atoms with E-state index in [-0.39, 0.29) is 11.8 Å². The first-order valence-corrected chi connectivity index (χ1v) is 8.32. The predicted octanol–water partition coefficient (Wildman–Crippen LogP) is 3.18. The van der Waals surface area contributed by atoms with Crippen LogP contribution in [0.3, 0.4) is 0 Å². The Kier molecular flexibility index (Phi) is 6.15. The van der Waals surface area contributed by atoms with Crippen LogP contribution in [0.15, 0.2) is 24.3 Å². The maximum atomic E-state index is 12.9. The summed E-state index contributed by atoms with van der Waals surface area (Å²) in [7, 11) is 1.38. The highest BCUT2D eigenvalue weighted by atomic mass is 16.5. The number of para-hydroxylation sites is 1. The Morgan fingerprint density at radius 1 is 1.25 bits per heavy atom. The number of esters is 1. The number of Topliss-reactive ketones (excluding diaryl/α,β-unsaturated/α-hetero) is 1. The lowest BCUT2D eigenvalue weighted by Crippen LogP contribution is -2.35. The highest BCUT2D eigenvalue weighted by molar-refractivity contribution is 6.10. The van der Waals surface area contributed by atoms with Crippen LogP contribution in [0.25, 0.3) is 10.9 Å². The number of benzene rings is 1. The van der Waals surface area contributed by atoms with Gasteiger partial charge in [-0.05, 0) is 18.9 Å². The van der Waals surface area contributed by atoms with Gasteiger partial charge in [0.1, 0.15) is 0 Å². The number of aromatic amines is 1. The second-order valence-corrected chi connectivity index (χ2v) is 6.55. The van der Waals surface area contributed by atoms with Gasteiger partial charge in [-0.3, -0.25) is 14.5 Å². The van der Waals surface area contributed by atoms with Crippen molar-refractivity contribution in [3.05, 3.63) is 35.5 Å². The quantitative estimate of drug-likeness (QED) is 0.596.